The van der Waals surface area contributed by atoms with Crippen molar-refractivity contribution in [3.05, 3.63) is 35.9 Å². The van der Waals surface area contributed by atoms with E-state index in [9.17, 15) is 0 Å². The lowest BCUT2D eigenvalue weighted by Gasteiger charge is -2.42. The van der Waals surface area contributed by atoms with Crippen LogP contribution >= 0.6 is 0 Å². The number of nitrogens with two attached hydrogens (primary N) is 1. The van der Waals surface area contributed by atoms with E-state index < -0.39 is 0 Å². The first kappa shape index (κ1) is 11.6. The Morgan fingerprint density at radius 2 is 2.00 bits per heavy atom. The SMILES string of the molecule is COC1C(N)CC1OC(C)c1ccccc1. The highest BCUT2D eigenvalue weighted by atomic mass is 16.5. The van der Waals surface area contributed by atoms with E-state index in [-0.39, 0.29) is 24.4 Å². The van der Waals surface area contributed by atoms with Crippen molar-refractivity contribution >= 4 is 0 Å². The first-order chi connectivity index (χ1) is 7.72. The van der Waals surface area contributed by atoms with E-state index in [0.29, 0.717) is 0 Å². The molecule has 0 amide bonds. The van der Waals surface area contributed by atoms with Gasteiger partial charge in [0.2, 0.25) is 0 Å². The molecule has 16 heavy (non-hydrogen) atoms. The molecule has 0 aliphatic heterocycles. The molecule has 2 N–H and O–H groups in total. The summed E-state index contributed by atoms with van der Waals surface area (Å²) in [7, 11) is 1.69. The minimum absolute atomic E-state index is 0.0474. The van der Waals surface area contributed by atoms with Crippen LogP contribution in [0.3, 0.4) is 0 Å². The minimum Gasteiger partial charge on any atom is -0.377 e. The Kier molecular flexibility index (Phi) is 3.59. The van der Waals surface area contributed by atoms with Crippen molar-refractivity contribution in [1.29, 1.82) is 0 Å². The third kappa shape index (κ3) is 2.26. The zero-order valence-corrected chi connectivity index (χ0v) is 9.80. The van der Waals surface area contributed by atoms with E-state index >= 15 is 0 Å². The Bertz CT molecular complexity index is 328. The maximum atomic E-state index is 5.94. The zero-order chi connectivity index (χ0) is 11.5. The van der Waals surface area contributed by atoms with Gasteiger partial charge in [0, 0.05) is 13.2 Å². The van der Waals surface area contributed by atoms with Gasteiger partial charge in [0.25, 0.3) is 0 Å². The van der Waals surface area contributed by atoms with Gasteiger partial charge in [-0.1, -0.05) is 30.3 Å². The van der Waals surface area contributed by atoms with Gasteiger partial charge >= 0.3 is 0 Å². The lowest BCUT2D eigenvalue weighted by molar-refractivity contribution is -0.148. The first-order valence-corrected chi connectivity index (χ1v) is 5.71. The average molecular weight is 221 g/mol. The summed E-state index contributed by atoms with van der Waals surface area (Å²) in [6.45, 7) is 2.06. The molecule has 1 fully saturated rings. The van der Waals surface area contributed by atoms with Crippen molar-refractivity contribution in [1.82, 2.24) is 0 Å². The third-order valence-corrected chi connectivity index (χ3v) is 3.21. The smallest absolute Gasteiger partial charge is 0.0985 e. The second-order valence-corrected chi connectivity index (χ2v) is 4.33. The van der Waals surface area contributed by atoms with Gasteiger partial charge in [-0.2, -0.15) is 0 Å². The Morgan fingerprint density at radius 3 is 2.56 bits per heavy atom. The largest absolute Gasteiger partial charge is 0.377 e. The monoisotopic (exact) mass is 221 g/mol. The van der Waals surface area contributed by atoms with Crippen molar-refractivity contribution in [2.45, 2.75) is 37.7 Å². The summed E-state index contributed by atoms with van der Waals surface area (Å²) in [4.78, 5) is 0. The number of hydrogen-bond donors (Lipinski definition) is 1. The lowest BCUT2D eigenvalue weighted by Crippen LogP contribution is -2.57. The molecule has 0 spiro atoms. The molecule has 0 radical (unpaired) electrons. The molecule has 1 aromatic carbocycles. The molecule has 3 nitrogen and oxygen atoms in total. The average Bonchev–Trinajstić information content (AvgIpc) is 2.30. The quantitative estimate of drug-likeness (QED) is 0.844. The summed E-state index contributed by atoms with van der Waals surface area (Å²) < 4.78 is 11.2. The van der Waals surface area contributed by atoms with Gasteiger partial charge in [-0.15, -0.1) is 0 Å². The number of hydrogen-bond acceptors (Lipinski definition) is 3. The molecule has 1 aliphatic carbocycles. The predicted molar refractivity (Wildman–Crippen MR) is 63.1 cm³/mol. The first-order valence-electron chi connectivity index (χ1n) is 5.71. The van der Waals surface area contributed by atoms with Gasteiger partial charge in [-0.25, -0.2) is 0 Å². The van der Waals surface area contributed by atoms with Crippen molar-refractivity contribution in [3.63, 3.8) is 0 Å². The third-order valence-electron chi connectivity index (χ3n) is 3.21. The molecule has 0 aromatic heterocycles. The fraction of sp³-hybridized carbons (Fsp3) is 0.538. The van der Waals surface area contributed by atoms with Crippen molar-refractivity contribution < 1.29 is 9.47 Å². The molecular formula is C13H19NO2. The number of methoxy groups -OCH3 is 1. The molecule has 2 rings (SSSR count). The highest BCUT2D eigenvalue weighted by molar-refractivity contribution is 5.17. The Balaban J connectivity index is 1.91. The van der Waals surface area contributed by atoms with Crippen molar-refractivity contribution in [3.8, 4) is 0 Å². The van der Waals surface area contributed by atoms with Crippen LogP contribution in [0, 0.1) is 0 Å². The summed E-state index contributed by atoms with van der Waals surface area (Å²) in [5, 5.41) is 0. The fourth-order valence-corrected chi connectivity index (χ4v) is 2.14. The fourth-order valence-electron chi connectivity index (χ4n) is 2.14. The number of rotatable bonds is 4. The maximum absolute atomic E-state index is 5.94. The second kappa shape index (κ2) is 4.95. The molecular weight excluding hydrogens is 202 g/mol. The molecule has 88 valence electrons. The Morgan fingerprint density at radius 1 is 1.31 bits per heavy atom. The maximum Gasteiger partial charge on any atom is 0.0985 e. The number of benzene rings is 1. The summed E-state index contributed by atoms with van der Waals surface area (Å²) in [5.74, 6) is 0. The number of ether oxygens (including phenoxy) is 2. The Hall–Kier alpha value is -0.900. The molecule has 1 saturated carbocycles. The minimum atomic E-state index is 0.0474. The Labute approximate surface area is 96.5 Å². The van der Waals surface area contributed by atoms with Crippen LogP contribution in [0.4, 0.5) is 0 Å². The van der Waals surface area contributed by atoms with Crippen LogP contribution in [0.2, 0.25) is 0 Å². The second-order valence-electron chi connectivity index (χ2n) is 4.33. The standard InChI is InChI=1S/C13H19NO2/c1-9(10-6-4-3-5-7-10)16-12-8-11(14)13(12)15-2/h3-7,9,11-13H,8,14H2,1-2H3. The van der Waals surface area contributed by atoms with E-state index in [1.54, 1.807) is 7.11 Å². The van der Waals surface area contributed by atoms with Crippen LogP contribution in [-0.2, 0) is 9.47 Å². The van der Waals surface area contributed by atoms with E-state index in [1.165, 1.54) is 5.56 Å². The summed E-state index contributed by atoms with van der Waals surface area (Å²) in [5.41, 5.74) is 7.03. The van der Waals surface area contributed by atoms with Crippen LogP contribution in [0.15, 0.2) is 30.3 Å². The highest BCUT2D eigenvalue weighted by Gasteiger charge is 2.40. The summed E-state index contributed by atoms with van der Waals surface area (Å²) in [6.07, 6.45) is 1.16. The normalized spacial score (nSPS) is 30.8. The molecule has 1 aliphatic rings. The van der Waals surface area contributed by atoms with Gasteiger partial charge in [0.15, 0.2) is 0 Å². The molecule has 0 bridgehead atoms. The molecule has 4 atom stereocenters. The van der Waals surface area contributed by atoms with E-state index in [0.717, 1.165) is 6.42 Å². The van der Waals surface area contributed by atoms with Gasteiger partial charge in [0.05, 0.1) is 18.3 Å². The van der Waals surface area contributed by atoms with E-state index in [4.69, 9.17) is 15.2 Å². The van der Waals surface area contributed by atoms with Gasteiger partial charge in [-0.3, -0.25) is 0 Å². The summed E-state index contributed by atoms with van der Waals surface area (Å²) >= 11 is 0. The molecule has 1 aromatic rings. The van der Waals surface area contributed by atoms with Crippen LogP contribution in [0.5, 0.6) is 0 Å². The molecule has 4 unspecified atom stereocenters. The van der Waals surface area contributed by atoms with Crippen LogP contribution in [-0.4, -0.2) is 25.4 Å². The van der Waals surface area contributed by atoms with E-state index in [1.807, 2.05) is 18.2 Å². The highest BCUT2D eigenvalue weighted by Crippen LogP contribution is 2.30. The van der Waals surface area contributed by atoms with Crippen LogP contribution in [0.1, 0.15) is 25.0 Å². The van der Waals surface area contributed by atoms with Crippen LogP contribution in [0.25, 0.3) is 0 Å². The van der Waals surface area contributed by atoms with Crippen molar-refractivity contribution in [2.75, 3.05) is 7.11 Å². The van der Waals surface area contributed by atoms with E-state index in [2.05, 4.69) is 19.1 Å². The van der Waals surface area contributed by atoms with Gasteiger partial charge < -0.3 is 15.2 Å². The predicted octanol–water partition coefficient (Wildman–Crippen LogP) is 1.88. The molecule has 0 heterocycles. The van der Waals surface area contributed by atoms with Gasteiger partial charge in [0.1, 0.15) is 0 Å². The van der Waals surface area contributed by atoms with Gasteiger partial charge in [-0.05, 0) is 18.9 Å². The van der Waals surface area contributed by atoms with Crippen LogP contribution < -0.4 is 5.73 Å². The molecule has 3 heteroatoms. The summed E-state index contributed by atoms with van der Waals surface area (Å²) in [6, 6.07) is 10.3. The zero-order valence-electron chi connectivity index (χ0n) is 9.80. The molecule has 0 saturated heterocycles. The topological polar surface area (TPSA) is 44.5 Å². The lowest BCUT2D eigenvalue weighted by atomic mass is 9.86. The van der Waals surface area contributed by atoms with Crippen molar-refractivity contribution in [2.24, 2.45) is 5.73 Å².